The van der Waals surface area contributed by atoms with Gasteiger partial charge in [0.2, 0.25) is 0 Å². The molecule has 0 aromatic carbocycles. The normalized spacial score (nSPS) is 27.2. The fraction of sp³-hybridized carbons (Fsp3) is 0.545. The zero-order valence-corrected chi connectivity index (χ0v) is 10.3. The molecule has 3 rings (SSSR count). The number of anilines is 1. The molecule has 0 bridgehead atoms. The standard InChI is InChI=1S/C11H14FN5O2/c1-5-2-6(3-18)19-10(5)17-4-14-7-8(13)15-11(12)16-9(7)17/h4-6,10,18H,2-3H2,1H3,(H2,13,15,16)/t5-,6+,10+/m1/s1. The third-order valence-corrected chi connectivity index (χ3v) is 3.35. The molecule has 3 N–H and O–H groups in total. The van der Waals surface area contributed by atoms with Crippen LogP contribution in [0.4, 0.5) is 10.2 Å². The fourth-order valence-corrected chi connectivity index (χ4v) is 2.47. The van der Waals surface area contributed by atoms with Crippen molar-refractivity contribution in [2.45, 2.75) is 25.7 Å². The minimum absolute atomic E-state index is 0.00519. The van der Waals surface area contributed by atoms with Crippen molar-refractivity contribution in [3.05, 3.63) is 12.4 Å². The van der Waals surface area contributed by atoms with Crippen molar-refractivity contribution in [2.75, 3.05) is 12.3 Å². The van der Waals surface area contributed by atoms with E-state index in [1.807, 2.05) is 6.92 Å². The Morgan fingerprint density at radius 3 is 3.05 bits per heavy atom. The maximum atomic E-state index is 13.3. The predicted molar refractivity (Wildman–Crippen MR) is 64.5 cm³/mol. The number of fused-ring (bicyclic) bond motifs is 1. The Balaban J connectivity index is 2.06. The van der Waals surface area contributed by atoms with Crippen LogP contribution in [0.3, 0.4) is 0 Å². The lowest BCUT2D eigenvalue weighted by Crippen LogP contribution is -2.15. The molecule has 102 valence electrons. The molecule has 0 radical (unpaired) electrons. The van der Waals surface area contributed by atoms with Gasteiger partial charge in [-0.3, -0.25) is 4.57 Å². The van der Waals surface area contributed by atoms with Crippen LogP contribution in [0.15, 0.2) is 6.33 Å². The first-order chi connectivity index (χ1) is 9.10. The van der Waals surface area contributed by atoms with Crippen LogP contribution in [-0.2, 0) is 4.74 Å². The van der Waals surface area contributed by atoms with Crippen molar-refractivity contribution < 1.29 is 14.2 Å². The smallest absolute Gasteiger partial charge is 0.312 e. The van der Waals surface area contributed by atoms with Gasteiger partial charge in [-0.1, -0.05) is 6.92 Å². The average molecular weight is 267 g/mol. The molecule has 0 saturated carbocycles. The second-order valence-corrected chi connectivity index (χ2v) is 4.75. The Bertz CT molecular complexity index is 616. The number of nitrogens with zero attached hydrogens (tertiary/aromatic N) is 4. The molecule has 8 heteroatoms. The quantitative estimate of drug-likeness (QED) is 0.767. The molecule has 1 saturated heterocycles. The SMILES string of the molecule is C[C@@H]1C[C@@H](CO)O[C@@H]1n1cnc2c(N)nc(F)nc21. The number of hydrogen-bond acceptors (Lipinski definition) is 6. The largest absolute Gasteiger partial charge is 0.394 e. The highest BCUT2D eigenvalue weighted by atomic mass is 19.1. The molecular formula is C11H14FN5O2. The van der Waals surface area contributed by atoms with Crippen LogP contribution in [-0.4, -0.2) is 37.3 Å². The van der Waals surface area contributed by atoms with Crippen molar-refractivity contribution in [3.8, 4) is 0 Å². The molecule has 7 nitrogen and oxygen atoms in total. The van der Waals surface area contributed by atoms with Gasteiger partial charge < -0.3 is 15.6 Å². The van der Waals surface area contributed by atoms with Crippen LogP contribution in [0.5, 0.6) is 0 Å². The van der Waals surface area contributed by atoms with E-state index in [2.05, 4.69) is 15.0 Å². The van der Waals surface area contributed by atoms with Gasteiger partial charge in [-0.15, -0.1) is 0 Å². The second kappa shape index (κ2) is 4.39. The molecule has 0 unspecified atom stereocenters. The number of halogens is 1. The number of aliphatic hydroxyl groups excluding tert-OH is 1. The van der Waals surface area contributed by atoms with E-state index in [-0.39, 0.29) is 30.7 Å². The summed E-state index contributed by atoms with van der Waals surface area (Å²) in [5, 5.41) is 9.15. The van der Waals surface area contributed by atoms with E-state index >= 15 is 0 Å². The van der Waals surface area contributed by atoms with E-state index in [1.54, 1.807) is 4.57 Å². The van der Waals surface area contributed by atoms with Crippen molar-refractivity contribution in [1.29, 1.82) is 0 Å². The maximum Gasteiger partial charge on any atom is 0.312 e. The van der Waals surface area contributed by atoms with Crippen molar-refractivity contribution in [3.63, 3.8) is 0 Å². The van der Waals surface area contributed by atoms with Gasteiger partial charge in [0.25, 0.3) is 0 Å². The van der Waals surface area contributed by atoms with Crippen LogP contribution in [0.2, 0.25) is 0 Å². The first-order valence-corrected chi connectivity index (χ1v) is 6.02. The zero-order valence-electron chi connectivity index (χ0n) is 10.3. The van der Waals surface area contributed by atoms with Crippen LogP contribution in [0.25, 0.3) is 11.2 Å². The van der Waals surface area contributed by atoms with E-state index in [1.165, 1.54) is 6.33 Å². The lowest BCUT2D eigenvalue weighted by atomic mass is 10.1. The van der Waals surface area contributed by atoms with Gasteiger partial charge in [0.1, 0.15) is 6.23 Å². The highest BCUT2D eigenvalue weighted by Crippen LogP contribution is 2.35. The monoisotopic (exact) mass is 267 g/mol. The van der Waals surface area contributed by atoms with Gasteiger partial charge in [0.05, 0.1) is 19.0 Å². The number of ether oxygens (including phenoxy) is 1. The average Bonchev–Trinajstić information content (AvgIpc) is 2.92. The highest BCUT2D eigenvalue weighted by Gasteiger charge is 2.34. The van der Waals surface area contributed by atoms with Crippen molar-refractivity contribution in [1.82, 2.24) is 19.5 Å². The Kier molecular flexibility index (Phi) is 2.83. The number of imidazole rings is 1. The molecule has 2 aromatic rings. The third kappa shape index (κ3) is 1.92. The van der Waals surface area contributed by atoms with E-state index < -0.39 is 6.08 Å². The van der Waals surface area contributed by atoms with E-state index in [0.717, 1.165) is 6.42 Å². The summed E-state index contributed by atoms with van der Waals surface area (Å²) >= 11 is 0. The number of aromatic nitrogens is 4. The van der Waals surface area contributed by atoms with E-state index in [9.17, 15) is 4.39 Å². The Labute approximate surface area is 108 Å². The number of nitrogens with two attached hydrogens (primary N) is 1. The first-order valence-electron chi connectivity index (χ1n) is 6.02. The summed E-state index contributed by atoms with van der Waals surface area (Å²) < 4.78 is 20.6. The lowest BCUT2D eigenvalue weighted by Gasteiger charge is -2.17. The van der Waals surface area contributed by atoms with Crippen LogP contribution in [0, 0.1) is 12.0 Å². The van der Waals surface area contributed by atoms with E-state index in [4.69, 9.17) is 15.6 Å². The summed E-state index contributed by atoms with van der Waals surface area (Å²) in [7, 11) is 0. The Morgan fingerprint density at radius 2 is 2.37 bits per heavy atom. The third-order valence-electron chi connectivity index (χ3n) is 3.35. The van der Waals surface area contributed by atoms with Crippen LogP contribution >= 0.6 is 0 Å². The van der Waals surface area contributed by atoms with E-state index in [0.29, 0.717) is 11.2 Å². The van der Waals surface area contributed by atoms with Gasteiger partial charge in [0.15, 0.2) is 17.0 Å². The molecule has 1 aliphatic rings. The molecule has 3 heterocycles. The van der Waals surface area contributed by atoms with Gasteiger partial charge in [0, 0.05) is 5.92 Å². The maximum absolute atomic E-state index is 13.3. The van der Waals surface area contributed by atoms with Crippen molar-refractivity contribution in [2.24, 2.45) is 5.92 Å². The number of hydrogen-bond donors (Lipinski definition) is 2. The summed E-state index contributed by atoms with van der Waals surface area (Å²) in [5.41, 5.74) is 6.27. The number of aliphatic hydroxyl groups is 1. The highest BCUT2D eigenvalue weighted by molar-refractivity contribution is 5.81. The van der Waals surface area contributed by atoms with Gasteiger partial charge >= 0.3 is 6.08 Å². The summed E-state index contributed by atoms with van der Waals surface area (Å²) in [4.78, 5) is 11.3. The number of nitrogen functional groups attached to an aromatic ring is 1. The molecule has 1 fully saturated rings. The molecule has 0 spiro atoms. The molecule has 19 heavy (non-hydrogen) atoms. The van der Waals surface area contributed by atoms with Gasteiger partial charge in [-0.05, 0) is 6.42 Å². The summed E-state index contributed by atoms with van der Waals surface area (Å²) in [5.74, 6) is 0.166. The fourth-order valence-electron chi connectivity index (χ4n) is 2.47. The van der Waals surface area contributed by atoms with Crippen LogP contribution < -0.4 is 5.73 Å². The summed E-state index contributed by atoms with van der Waals surface area (Å²) in [6.45, 7) is 1.95. The second-order valence-electron chi connectivity index (χ2n) is 4.75. The molecule has 2 aromatic heterocycles. The minimum atomic E-state index is -0.892. The molecule has 3 atom stereocenters. The molecule has 0 amide bonds. The summed E-state index contributed by atoms with van der Waals surface area (Å²) in [6.07, 6.45) is 0.786. The van der Waals surface area contributed by atoms with Crippen molar-refractivity contribution >= 4 is 17.0 Å². The Morgan fingerprint density at radius 1 is 1.58 bits per heavy atom. The van der Waals surface area contributed by atoms with Gasteiger partial charge in [-0.2, -0.15) is 14.4 Å². The zero-order chi connectivity index (χ0) is 13.6. The lowest BCUT2D eigenvalue weighted by molar-refractivity contribution is -0.0294. The first kappa shape index (κ1) is 12.2. The topological polar surface area (TPSA) is 99.1 Å². The molecule has 1 aliphatic heterocycles. The number of rotatable bonds is 2. The predicted octanol–water partition coefficient (Wildman–Crippen LogP) is 0.463. The van der Waals surface area contributed by atoms with Gasteiger partial charge in [-0.25, -0.2) is 4.98 Å². The Hall–Kier alpha value is -1.80. The van der Waals surface area contributed by atoms with Crippen LogP contribution in [0.1, 0.15) is 19.6 Å². The summed E-state index contributed by atoms with van der Waals surface area (Å²) in [6, 6.07) is 0. The minimum Gasteiger partial charge on any atom is -0.394 e. The molecule has 0 aliphatic carbocycles. The molecular weight excluding hydrogens is 253 g/mol.